The van der Waals surface area contributed by atoms with Crippen LogP contribution in [0.3, 0.4) is 0 Å². The van der Waals surface area contributed by atoms with Crippen LogP contribution in [0.25, 0.3) is 0 Å². The first kappa shape index (κ1) is 63.6. The van der Waals surface area contributed by atoms with Gasteiger partial charge in [-0.15, -0.1) is 0 Å². The normalized spacial score (nSPS) is 12.6. The molecule has 0 bridgehead atoms. The number of carbonyl (C=O) groups is 2. The Morgan fingerprint density at radius 3 is 1.03 bits per heavy atom. The highest BCUT2D eigenvalue weighted by Crippen LogP contribution is 2.17. The van der Waals surface area contributed by atoms with Gasteiger partial charge >= 0.3 is 11.9 Å². The summed E-state index contributed by atoms with van der Waals surface area (Å²) < 4.78 is 17.4. The van der Waals surface area contributed by atoms with Gasteiger partial charge < -0.3 is 14.2 Å². The largest absolute Gasteiger partial charge is 0.462 e. The van der Waals surface area contributed by atoms with Crippen molar-refractivity contribution < 1.29 is 23.8 Å². The summed E-state index contributed by atoms with van der Waals surface area (Å²) in [4.78, 5) is 25.4. The number of rotatable bonds is 53. The molecular weight excluding hydrogens is 813 g/mol. The maximum Gasteiger partial charge on any atom is 0.310 e. The predicted octanol–water partition coefficient (Wildman–Crippen LogP) is 19.7. The van der Waals surface area contributed by atoms with Crippen LogP contribution in [0.15, 0.2) is 60.8 Å². The van der Waals surface area contributed by atoms with Crippen LogP contribution in [-0.4, -0.2) is 37.9 Å². The minimum atomic E-state index is -0.588. The van der Waals surface area contributed by atoms with Crippen LogP contribution < -0.4 is 0 Å². The molecule has 0 radical (unpaired) electrons. The lowest BCUT2D eigenvalue weighted by Gasteiger charge is -2.18. The van der Waals surface area contributed by atoms with Gasteiger partial charge in [0.2, 0.25) is 0 Å². The average Bonchev–Trinajstić information content (AvgIpc) is 3.32. The van der Waals surface area contributed by atoms with Gasteiger partial charge in [-0.25, -0.2) is 0 Å². The van der Waals surface area contributed by atoms with Crippen molar-refractivity contribution in [1.29, 1.82) is 0 Å². The molecule has 0 aromatic carbocycles. The smallest absolute Gasteiger partial charge is 0.310 e. The molecule has 0 rings (SSSR count). The maximum atomic E-state index is 12.8. The lowest BCUT2D eigenvalue weighted by molar-refractivity contribution is -0.162. The quantitative estimate of drug-likeness (QED) is 0.0346. The van der Waals surface area contributed by atoms with Crippen LogP contribution in [0.1, 0.15) is 290 Å². The summed E-state index contributed by atoms with van der Waals surface area (Å²) in [6, 6.07) is 0. The molecule has 0 amide bonds. The zero-order chi connectivity index (χ0) is 47.7. The maximum absolute atomic E-state index is 12.8. The van der Waals surface area contributed by atoms with Gasteiger partial charge in [0, 0.05) is 13.0 Å². The minimum Gasteiger partial charge on any atom is -0.462 e. The Hall–Kier alpha value is -2.40. The average molecular weight is 924 g/mol. The summed E-state index contributed by atoms with van der Waals surface area (Å²) in [6.45, 7) is 7.67. The molecule has 0 spiro atoms. The van der Waals surface area contributed by atoms with E-state index in [1.165, 1.54) is 199 Å². The molecule has 0 aromatic heterocycles. The van der Waals surface area contributed by atoms with E-state index in [0.717, 1.165) is 57.8 Å². The van der Waals surface area contributed by atoms with E-state index in [-0.39, 0.29) is 31.6 Å². The Morgan fingerprint density at radius 1 is 0.348 bits per heavy atom. The first-order valence-corrected chi connectivity index (χ1v) is 28.8. The van der Waals surface area contributed by atoms with E-state index in [0.29, 0.717) is 13.0 Å². The van der Waals surface area contributed by atoms with Gasteiger partial charge in [-0.3, -0.25) is 9.59 Å². The molecule has 5 nitrogen and oxygen atoms in total. The Kier molecular flexibility index (Phi) is 54.9. The van der Waals surface area contributed by atoms with Crippen molar-refractivity contribution in [2.45, 2.75) is 297 Å². The third kappa shape index (κ3) is 54.2. The molecule has 66 heavy (non-hydrogen) atoms. The monoisotopic (exact) mass is 923 g/mol. The third-order valence-electron chi connectivity index (χ3n) is 12.6. The third-order valence-corrected chi connectivity index (χ3v) is 12.6. The molecule has 0 aromatic rings. The van der Waals surface area contributed by atoms with Gasteiger partial charge in [0.1, 0.15) is 6.61 Å². The second kappa shape index (κ2) is 56.9. The fourth-order valence-electron chi connectivity index (χ4n) is 8.35. The van der Waals surface area contributed by atoms with Gasteiger partial charge in [-0.1, -0.05) is 293 Å². The van der Waals surface area contributed by atoms with Gasteiger partial charge in [-0.2, -0.15) is 0 Å². The van der Waals surface area contributed by atoms with Crippen LogP contribution in [0.5, 0.6) is 0 Å². The van der Waals surface area contributed by atoms with E-state index in [4.69, 9.17) is 14.2 Å². The molecule has 5 heteroatoms. The summed E-state index contributed by atoms with van der Waals surface area (Å²) in [7, 11) is 0. The summed E-state index contributed by atoms with van der Waals surface area (Å²) >= 11 is 0. The van der Waals surface area contributed by atoms with E-state index in [2.05, 4.69) is 69.4 Å². The van der Waals surface area contributed by atoms with Crippen LogP contribution >= 0.6 is 0 Å². The van der Waals surface area contributed by atoms with Crippen molar-refractivity contribution in [3.63, 3.8) is 0 Å². The molecular formula is C61H110O5. The molecule has 0 saturated heterocycles. The molecule has 1 unspecified atom stereocenters. The summed E-state index contributed by atoms with van der Waals surface area (Å²) in [6.07, 6.45) is 72.7. The fraction of sp³-hybridized carbons (Fsp3) is 0.803. The van der Waals surface area contributed by atoms with E-state index < -0.39 is 6.10 Å². The lowest BCUT2D eigenvalue weighted by Crippen LogP contribution is -2.29. The Morgan fingerprint density at radius 2 is 0.667 bits per heavy atom. The topological polar surface area (TPSA) is 61.8 Å². The number of esters is 2. The summed E-state index contributed by atoms with van der Waals surface area (Å²) in [5.74, 6) is -0.527. The van der Waals surface area contributed by atoms with Crippen molar-refractivity contribution >= 4 is 11.9 Å². The predicted molar refractivity (Wildman–Crippen MR) is 288 cm³/mol. The standard InChI is InChI=1S/C61H110O5/c1-4-7-10-13-16-19-22-25-28-30-31-32-34-36-39-42-45-48-51-54-60(62)65-58-59(57-64-56-53-50-47-44-41-38-35-29-26-23-20-17-14-11-8-5-2)66-61(63)55-52-49-46-43-40-37-33-27-24-21-18-15-12-9-6-3/h9,12,18,21,27,33,40,43,49,52,59H,4-8,10-11,13-17,19-20,22-26,28-32,34-39,41-42,44-48,50-51,53-58H2,1-3H3/b12-9-,21-18-,33-27-,43-40-,52-49-. The van der Waals surface area contributed by atoms with E-state index >= 15 is 0 Å². The second-order valence-electron chi connectivity index (χ2n) is 19.2. The zero-order valence-electron chi connectivity index (χ0n) is 44.2. The van der Waals surface area contributed by atoms with Crippen LogP contribution in [0, 0.1) is 0 Å². The second-order valence-corrected chi connectivity index (χ2v) is 19.2. The molecule has 0 aliphatic heterocycles. The van der Waals surface area contributed by atoms with Crippen LogP contribution in [0.2, 0.25) is 0 Å². The van der Waals surface area contributed by atoms with E-state index in [1.54, 1.807) is 0 Å². The van der Waals surface area contributed by atoms with Crippen molar-refractivity contribution in [3.05, 3.63) is 60.8 Å². The first-order valence-electron chi connectivity index (χ1n) is 28.8. The Bertz CT molecular complexity index is 1130. The first-order chi connectivity index (χ1) is 32.6. The Balaban J connectivity index is 4.31. The number of unbranched alkanes of at least 4 members (excludes halogenated alkanes) is 33. The highest BCUT2D eigenvalue weighted by Gasteiger charge is 2.17. The molecule has 0 aliphatic rings. The molecule has 0 aliphatic carbocycles. The minimum absolute atomic E-state index is 0.0499. The molecule has 0 saturated carbocycles. The lowest BCUT2D eigenvalue weighted by atomic mass is 10.0. The molecule has 1 atom stereocenters. The summed E-state index contributed by atoms with van der Waals surface area (Å²) in [5.41, 5.74) is 0. The van der Waals surface area contributed by atoms with E-state index in [1.807, 2.05) is 12.2 Å². The van der Waals surface area contributed by atoms with Gasteiger partial charge in [0.25, 0.3) is 0 Å². The number of carbonyl (C=O) groups excluding carboxylic acids is 2. The fourth-order valence-corrected chi connectivity index (χ4v) is 8.35. The molecule has 0 fully saturated rings. The van der Waals surface area contributed by atoms with Crippen LogP contribution in [-0.2, 0) is 23.8 Å². The Labute approximate surface area is 411 Å². The van der Waals surface area contributed by atoms with Crippen molar-refractivity contribution in [1.82, 2.24) is 0 Å². The molecule has 0 N–H and O–H groups in total. The summed E-state index contributed by atoms with van der Waals surface area (Å²) in [5, 5.41) is 0. The van der Waals surface area contributed by atoms with Gasteiger partial charge in [-0.05, 0) is 44.9 Å². The SMILES string of the molecule is CC/C=C\C/C=C\C/C=C\C/C=C\C/C=C\CC(=O)OC(COCCCCCCCCCCCCCCCCCC)COC(=O)CCCCCCCCCCCCCCCCCCCCC. The van der Waals surface area contributed by atoms with Gasteiger partial charge in [0.15, 0.2) is 6.10 Å². The number of allylic oxidation sites excluding steroid dienone is 9. The molecule has 384 valence electrons. The van der Waals surface area contributed by atoms with E-state index in [9.17, 15) is 9.59 Å². The number of hydrogen-bond acceptors (Lipinski definition) is 5. The van der Waals surface area contributed by atoms with Crippen LogP contribution in [0.4, 0.5) is 0 Å². The highest BCUT2D eigenvalue weighted by atomic mass is 16.6. The number of hydrogen-bond donors (Lipinski definition) is 0. The number of ether oxygens (including phenoxy) is 3. The van der Waals surface area contributed by atoms with Crippen molar-refractivity contribution in [3.8, 4) is 0 Å². The highest BCUT2D eigenvalue weighted by molar-refractivity contribution is 5.71. The van der Waals surface area contributed by atoms with Crippen molar-refractivity contribution in [2.75, 3.05) is 19.8 Å². The van der Waals surface area contributed by atoms with Crippen molar-refractivity contribution in [2.24, 2.45) is 0 Å². The molecule has 0 heterocycles. The zero-order valence-corrected chi connectivity index (χ0v) is 44.2. The van der Waals surface area contributed by atoms with Gasteiger partial charge in [0.05, 0.1) is 13.0 Å².